The summed E-state index contributed by atoms with van der Waals surface area (Å²) in [7, 11) is 0. The summed E-state index contributed by atoms with van der Waals surface area (Å²) in [6.07, 6.45) is 5.33. The van der Waals surface area contributed by atoms with E-state index in [1.54, 1.807) is 31.5 Å². The van der Waals surface area contributed by atoms with Crippen molar-refractivity contribution in [3.8, 4) is 0 Å². The van der Waals surface area contributed by atoms with Crippen LogP contribution in [-0.2, 0) is 6.54 Å². The highest BCUT2D eigenvalue weighted by Crippen LogP contribution is 2.22. The number of benzene rings is 1. The molecule has 1 aliphatic rings. The van der Waals surface area contributed by atoms with Crippen molar-refractivity contribution in [2.45, 2.75) is 32.4 Å². The second-order valence-corrected chi connectivity index (χ2v) is 6.76. The third kappa shape index (κ3) is 5.24. The molecule has 0 unspecified atom stereocenters. The number of nitro groups is 1. The van der Waals surface area contributed by atoms with E-state index in [1.165, 1.54) is 11.6 Å². The monoisotopic (exact) mass is 369 g/mol. The summed E-state index contributed by atoms with van der Waals surface area (Å²) in [5, 5.41) is 16.7. The van der Waals surface area contributed by atoms with Crippen LogP contribution in [0.1, 0.15) is 24.0 Å². The van der Waals surface area contributed by atoms with Gasteiger partial charge in [-0.25, -0.2) is 4.79 Å². The number of aryl methyl sites for hydroxylation is 1. The van der Waals surface area contributed by atoms with Gasteiger partial charge in [-0.05, 0) is 43.5 Å². The summed E-state index contributed by atoms with van der Waals surface area (Å²) in [5.74, 6) is 0. The average molecular weight is 369 g/mol. The molecule has 2 heterocycles. The van der Waals surface area contributed by atoms with Gasteiger partial charge in [0.1, 0.15) is 0 Å². The van der Waals surface area contributed by atoms with Crippen LogP contribution in [-0.4, -0.2) is 40.0 Å². The first kappa shape index (κ1) is 18.8. The molecule has 2 amide bonds. The number of urea groups is 1. The van der Waals surface area contributed by atoms with E-state index in [9.17, 15) is 14.9 Å². The second-order valence-electron chi connectivity index (χ2n) is 6.76. The number of nitro benzene ring substituents is 1. The molecule has 142 valence electrons. The van der Waals surface area contributed by atoms with Crippen molar-refractivity contribution in [1.82, 2.24) is 15.2 Å². The fraction of sp³-hybridized carbons (Fsp3) is 0.368. The Hall–Kier alpha value is -3.00. The van der Waals surface area contributed by atoms with Gasteiger partial charge in [-0.15, -0.1) is 0 Å². The van der Waals surface area contributed by atoms with Gasteiger partial charge < -0.3 is 10.6 Å². The summed E-state index contributed by atoms with van der Waals surface area (Å²) >= 11 is 0. The number of carbonyl (C=O) groups excluding carboxylic acids is 1. The van der Waals surface area contributed by atoms with Gasteiger partial charge in [-0.3, -0.25) is 20.0 Å². The molecule has 0 aliphatic carbocycles. The number of nitrogens with one attached hydrogen (secondary N) is 2. The number of likely N-dealkylation sites (tertiary alicyclic amines) is 1. The molecule has 2 N–H and O–H groups in total. The molecular formula is C19H23N5O3. The van der Waals surface area contributed by atoms with Gasteiger partial charge in [0.15, 0.2) is 0 Å². The summed E-state index contributed by atoms with van der Waals surface area (Å²) in [6, 6.07) is 8.47. The van der Waals surface area contributed by atoms with Crippen LogP contribution in [0.25, 0.3) is 0 Å². The number of hydrogen-bond donors (Lipinski definition) is 2. The summed E-state index contributed by atoms with van der Waals surface area (Å²) in [4.78, 5) is 29.1. The quantitative estimate of drug-likeness (QED) is 0.623. The van der Waals surface area contributed by atoms with Gasteiger partial charge in [0.25, 0.3) is 5.69 Å². The number of hydrogen-bond acceptors (Lipinski definition) is 5. The zero-order valence-corrected chi connectivity index (χ0v) is 15.2. The minimum absolute atomic E-state index is 0.00257. The normalized spacial score (nSPS) is 15.3. The van der Waals surface area contributed by atoms with Gasteiger partial charge in [-0.2, -0.15) is 0 Å². The van der Waals surface area contributed by atoms with Crippen LogP contribution < -0.4 is 10.6 Å². The van der Waals surface area contributed by atoms with Crippen LogP contribution >= 0.6 is 0 Å². The van der Waals surface area contributed by atoms with E-state index in [2.05, 4.69) is 20.5 Å². The van der Waals surface area contributed by atoms with Crippen molar-refractivity contribution in [1.29, 1.82) is 0 Å². The summed E-state index contributed by atoms with van der Waals surface area (Å²) in [5.41, 5.74) is 2.21. The molecule has 1 saturated heterocycles. The lowest BCUT2D eigenvalue weighted by Crippen LogP contribution is -2.45. The lowest BCUT2D eigenvalue weighted by molar-refractivity contribution is -0.385. The van der Waals surface area contributed by atoms with E-state index in [-0.39, 0.29) is 17.8 Å². The van der Waals surface area contributed by atoms with E-state index >= 15 is 0 Å². The topological polar surface area (TPSA) is 100 Å². The third-order valence-corrected chi connectivity index (χ3v) is 4.74. The largest absolute Gasteiger partial charge is 0.335 e. The molecule has 1 aromatic heterocycles. The molecule has 27 heavy (non-hydrogen) atoms. The first-order valence-electron chi connectivity index (χ1n) is 8.95. The number of aromatic nitrogens is 1. The Labute approximate surface area is 157 Å². The highest BCUT2D eigenvalue weighted by molar-refractivity contribution is 5.89. The lowest BCUT2D eigenvalue weighted by Gasteiger charge is -2.32. The molecule has 0 saturated carbocycles. The Balaban J connectivity index is 1.47. The predicted octanol–water partition coefficient (Wildman–Crippen LogP) is 3.08. The minimum atomic E-state index is -0.447. The smallest absolute Gasteiger partial charge is 0.319 e. The maximum absolute atomic E-state index is 12.2. The SMILES string of the molecule is Cc1ccc(NC(=O)NC2CCN(Cc3ccncc3)CC2)cc1[N+](=O)[O-]. The molecule has 1 fully saturated rings. The van der Waals surface area contributed by atoms with E-state index in [0.717, 1.165) is 32.5 Å². The molecular weight excluding hydrogens is 346 g/mol. The van der Waals surface area contributed by atoms with Crippen molar-refractivity contribution in [2.75, 3.05) is 18.4 Å². The van der Waals surface area contributed by atoms with E-state index in [1.807, 2.05) is 12.1 Å². The minimum Gasteiger partial charge on any atom is -0.335 e. The maximum atomic E-state index is 12.2. The molecule has 0 radical (unpaired) electrons. The molecule has 0 bridgehead atoms. The Bertz CT molecular complexity index is 804. The maximum Gasteiger partial charge on any atom is 0.319 e. The van der Waals surface area contributed by atoms with Crippen molar-refractivity contribution in [3.05, 3.63) is 64.0 Å². The van der Waals surface area contributed by atoms with Crippen LogP contribution in [0.15, 0.2) is 42.7 Å². The summed E-state index contributed by atoms with van der Waals surface area (Å²) in [6.45, 7) is 4.36. The van der Waals surface area contributed by atoms with Crippen LogP contribution in [0.3, 0.4) is 0 Å². The van der Waals surface area contributed by atoms with Crippen molar-refractivity contribution >= 4 is 17.4 Å². The standard InChI is InChI=1S/C19H23N5O3/c1-14-2-3-17(12-18(14)24(26)27)22-19(25)21-16-6-10-23(11-7-16)13-15-4-8-20-9-5-15/h2-5,8-9,12,16H,6-7,10-11,13H2,1H3,(H2,21,22,25). The highest BCUT2D eigenvalue weighted by atomic mass is 16.6. The first-order chi connectivity index (χ1) is 13.0. The second kappa shape index (κ2) is 8.59. The van der Waals surface area contributed by atoms with Crippen LogP contribution in [0, 0.1) is 17.0 Å². The van der Waals surface area contributed by atoms with E-state index in [4.69, 9.17) is 0 Å². The fourth-order valence-electron chi connectivity index (χ4n) is 3.22. The Morgan fingerprint density at radius 3 is 2.63 bits per heavy atom. The van der Waals surface area contributed by atoms with Crippen molar-refractivity contribution in [2.24, 2.45) is 0 Å². The Morgan fingerprint density at radius 2 is 1.96 bits per heavy atom. The number of nitrogens with zero attached hydrogens (tertiary/aromatic N) is 3. The average Bonchev–Trinajstić information content (AvgIpc) is 2.65. The number of amides is 2. The van der Waals surface area contributed by atoms with Gasteiger partial charge in [0.05, 0.1) is 4.92 Å². The number of rotatable bonds is 5. The highest BCUT2D eigenvalue weighted by Gasteiger charge is 2.21. The van der Waals surface area contributed by atoms with E-state index < -0.39 is 4.92 Å². The van der Waals surface area contributed by atoms with Gasteiger partial charge >= 0.3 is 6.03 Å². The van der Waals surface area contributed by atoms with E-state index in [0.29, 0.717) is 11.3 Å². The molecule has 3 rings (SSSR count). The molecule has 1 aromatic carbocycles. The van der Waals surface area contributed by atoms with Gasteiger partial charge in [-0.1, -0.05) is 6.07 Å². The molecule has 8 nitrogen and oxygen atoms in total. The molecule has 0 spiro atoms. The number of pyridine rings is 1. The predicted molar refractivity (Wildman–Crippen MR) is 103 cm³/mol. The fourth-order valence-corrected chi connectivity index (χ4v) is 3.22. The molecule has 2 aromatic rings. The first-order valence-corrected chi connectivity index (χ1v) is 8.95. The van der Waals surface area contributed by atoms with Gasteiger partial charge in [0.2, 0.25) is 0 Å². The molecule has 0 atom stereocenters. The third-order valence-electron chi connectivity index (χ3n) is 4.74. The van der Waals surface area contributed by atoms with Crippen LogP contribution in [0.4, 0.5) is 16.2 Å². The zero-order chi connectivity index (χ0) is 19.2. The summed E-state index contributed by atoms with van der Waals surface area (Å²) < 4.78 is 0. The Kier molecular flexibility index (Phi) is 5.97. The molecule has 8 heteroatoms. The van der Waals surface area contributed by atoms with Crippen molar-refractivity contribution in [3.63, 3.8) is 0 Å². The Morgan fingerprint density at radius 1 is 1.26 bits per heavy atom. The lowest BCUT2D eigenvalue weighted by atomic mass is 10.0. The van der Waals surface area contributed by atoms with Gasteiger partial charge in [0, 0.05) is 55.4 Å². The zero-order valence-electron chi connectivity index (χ0n) is 15.2. The van der Waals surface area contributed by atoms with Crippen LogP contribution in [0.5, 0.6) is 0 Å². The number of carbonyl (C=O) groups is 1. The van der Waals surface area contributed by atoms with Crippen LogP contribution in [0.2, 0.25) is 0 Å². The number of piperidine rings is 1. The number of anilines is 1. The molecule has 1 aliphatic heterocycles. The van der Waals surface area contributed by atoms with Crippen molar-refractivity contribution < 1.29 is 9.72 Å².